The molecule has 0 aliphatic rings. The van der Waals surface area contributed by atoms with E-state index in [1.165, 1.54) is 23.9 Å². The summed E-state index contributed by atoms with van der Waals surface area (Å²) >= 11 is 1.42. The van der Waals surface area contributed by atoms with Gasteiger partial charge in [-0.2, -0.15) is 0 Å². The molecule has 4 nitrogen and oxygen atoms in total. The van der Waals surface area contributed by atoms with Crippen LogP contribution in [0.2, 0.25) is 0 Å². The van der Waals surface area contributed by atoms with Crippen molar-refractivity contribution in [1.82, 2.24) is 4.98 Å². The van der Waals surface area contributed by atoms with E-state index in [0.29, 0.717) is 17.0 Å². The summed E-state index contributed by atoms with van der Waals surface area (Å²) in [6, 6.07) is 7.61. The number of carbonyl (C=O) groups is 1. The highest BCUT2D eigenvalue weighted by atomic mass is 32.2. The molecular weight excluding hydrogens is 267 g/mol. The van der Waals surface area contributed by atoms with Crippen molar-refractivity contribution < 1.29 is 14.3 Å². The third-order valence-corrected chi connectivity index (χ3v) is 3.42. The number of anilines is 1. The number of carboxylic acid groups (broad SMARTS) is 1. The summed E-state index contributed by atoms with van der Waals surface area (Å²) in [5.41, 5.74) is 6.49. The van der Waals surface area contributed by atoms with Crippen LogP contribution in [0.4, 0.5) is 10.1 Å². The van der Waals surface area contributed by atoms with E-state index in [1.807, 2.05) is 0 Å². The van der Waals surface area contributed by atoms with Crippen molar-refractivity contribution in [3.05, 3.63) is 53.5 Å². The lowest BCUT2D eigenvalue weighted by atomic mass is 10.1. The van der Waals surface area contributed by atoms with E-state index in [0.717, 1.165) is 5.03 Å². The van der Waals surface area contributed by atoms with Gasteiger partial charge in [0.1, 0.15) is 5.82 Å². The average molecular weight is 278 g/mol. The number of halogens is 1. The highest BCUT2D eigenvalue weighted by molar-refractivity contribution is 7.98. The molecule has 0 radical (unpaired) electrons. The van der Waals surface area contributed by atoms with Crippen LogP contribution in [0.3, 0.4) is 0 Å². The van der Waals surface area contributed by atoms with Gasteiger partial charge in [0.25, 0.3) is 0 Å². The number of pyridine rings is 1. The number of hydrogen-bond donors (Lipinski definition) is 2. The van der Waals surface area contributed by atoms with E-state index in [1.54, 1.807) is 24.4 Å². The molecule has 98 valence electrons. The summed E-state index contributed by atoms with van der Waals surface area (Å²) in [5.74, 6) is -1.49. The smallest absolute Gasteiger partial charge is 0.338 e. The van der Waals surface area contributed by atoms with Gasteiger partial charge in [-0.25, -0.2) is 14.2 Å². The fourth-order valence-electron chi connectivity index (χ4n) is 1.46. The Balaban J connectivity index is 2.06. The van der Waals surface area contributed by atoms with Crippen molar-refractivity contribution in [2.75, 3.05) is 5.73 Å². The van der Waals surface area contributed by atoms with Gasteiger partial charge in [-0.15, -0.1) is 11.8 Å². The third-order valence-electron chi connectivity index (χ3n) is 2.41. The van der Waals surface area contributed by atoms with Crippen LogP contribution in [0.5, 0.6) is 0 Å². The summed E-state index contributed by atoms with van der Waals surface area (Å²) in [4.78, 5) is 14.8. The summed E-state index contributed by atoms with van der Waals surface area (Å²) in [5, 5.41) is 9.50. The Hall–Kier alpha value is -2.08. The number of nitrogens with zero attached hydrogens (tertiary/aromatic N) is 1. The molecule has 6 heteroatoms. The second-order valence-electron chi connectivity index (χ2n) is 3.84. The Kier molecular flexibility index (Phi) is 4.01. The zero-order valence-electron chi connectivity index (χ0n) is 9.84. The van der Waals surface area contributed by atoms with Crippen molar-refractivity contribution in [3.63, 3.8) is 0 Å². The topological polar surface area (TPSA) is 76.2 Å². The predicted octanol–water partition coefficient (Wildman–Crippen LogP) is 2.79. The molecule has 0 atom stereocenters. The Morgan fingerprint density at radius 2 is 2.16 bits per heavy atom. The first-order valence-corrected chi connectivity index (χ1v) is 6.41. The first-order valence-electron chi connectivity index (χ1n) is 5.42. The minimum Gasteiger partial charge on any atom is -0.478 e. The summed E-state index contributed by atoms with van der Waals surface area (Å²) in [6.45, 7) is 0. The van der Waals surface area contributed by atoms with Crippen molar-refractivity contribution in [2.45, 2.75) is 10.8 Å². The molecule has 0 unspecified atom stereocenters. The monoisotopic (exact) mass is 278 g/mol. The molecule has 0 saturated heterocycles. The quantitative estimate of drug-likeness (QED) is 0.841. The normalized spacial score (nSPS) is 10.4. The van der Waals surface area contributed by atoms with Crippen LogP contribution in [0.25, 0.3) is 0 Å². The highest BCUT2D eigenvalue weighted by Gasteiger charge is 2.10. The Morgan fingerprint density at radius 3 is 2.74 bits per heavy atom. The molecule has 1 aromatic carbocycles. The average Bonchev–Trinajstić information content (AvgIpc) is 2.37. The molecule has 3 N–H and O–H groups in total. The number of carboxylic acids is 1. The molecule has 0 aliphatic heterocycles. The zero-order valence-corrected chi connectivity index (χ0v) is 10.7. The van der Waals surface area contributed by atoms with Gasteiger partial charge in [-0.3, -0.25) is 0 Å². The van der Waals surface area contributed by atoms with Crippen LogP contribution in [0.1, 0.15) is 15.9 Å². The molecule has 2 aromatic rings. The Labute approximate surface area is 113 Å². The van der Waals surface area contributed by atoms with Gasteiger partial charge in [-0.05, 0) is 29.8 Å². The summed E-state index contributed by atoms with van der Waals surface area (Å²) < 4.78 is 13.5. The first kappa shape index (κ1) is 13.4. The number of nitrogen functional groups attached to an aromatic ring is 1. The van der Waals surface area contributed by atoms with Gasteiger partial charge < -0.3 is 10.8 Å². The van der Waals surface area contributed by atoms with Gasteiger partial charge in [0.15, 0.2) is 0 Å². The molecule has 0 amide bonds. The number of rotatable bonds is 4. The van der Waals surface area contributed by atoms with Gasteiger partial charge in [0.2, 0.25) is 0 Å². The number of aromatic nitrogens is 1. The lowest BCUT2D eigenvalue weighted by Crippen LogP contribution is -2.00. The second-order valence-corrected chi connectivity index (χ2v) is 4.83. The lowest BCUT2D eigenvalue weighted by Gasteiger charge is -2.03. The predicted molar refractivity (Wildman–Crippen MR) is 71.6 cm³/mol. The van der Waals surface area contributed by atoms with E-state index in [2.05, 4.69) is 4.98 Å². The van der Waals surface area contributed by atoms with Crippen LogP contribution in [0, 0.1) is 5.82 Å². The van der Waals surface area contributed by atoms with E-state index in [4.69, 9.17) is 10.8 Å². The number of thioether (sulfide) groups is 1. The molecular formula is C13H11FN2O2S. The van der Waals surface area contributed by atoms with Crippen molar-refractivity contribution in [1.29, 1.82) is 0 Å². The van der Waals surface area contributed by atoms with Crippen LogP contribution in [0.15, 0.2) is 41.6 Å². The van der Waals surface area contributed by atoms with E-state index in [9.17, 15) is 9.18 Å². The minimum atomic E-state index is -1.27. The van der Waals surface area contributed by atoms with Crippen molar-refractivity contribution >= 4 is 23.4 Å². The Bertz CT molecular complexity index is 602. The molecule has 0 bridgehead atoms. The third kappa shape index (κ3) is 3.45. The van der Waals surface area contributed by atoms with Crippen molar-refractivity contribution in [3.8, 4) is 0 Å². The van der Waals surface area contributed by atoms with Crippen LogP contribution in [-0.4, -0.2) is 16.1 Å². The standard InChI is InChI=1S/C13H11FN2O2S/c14-11-5-8(1-3-10(11)13(17)18)7-19-12-4-2-9(15)6-16-12/h1-6H,7,15H2,(H,17,18). The van der Waals surface area contributed by atoms with Gasteiger partial charge in [0.05, 0.1) is 22.5 Å². The fraction of sp³-hybridized carbons (Fsp3) is 0.0769. The van der Waals surface area contributed by atoms with Crippen LogP contribution in [-0.2, 0) is 5.75 Å². The number of benzene rings is 1. The zero-order chi connectivity index (χ0) is 13.8. The maximum atomic E-state index is 13.5. The highest BCUT2D eigenvalue weighted by Crippen LogP contribution is 2.22. The molecule has 2 rings (SSSR count). The number of nitrogens with two attached hydrogens (primary N) is 1. The van der Waals surface area contributed by atoms with E-state index >= 15 is 0 Å². The minimum absolute atomic E-state index is 0.320. The van der Waals surface area contributed by atoms with E-state index < -0.39 is 11.8 Å². The first-order chi connectivity index (χ1) is 9.06. The van der Waals surface area contributed by atoms with Crippen LogP contribution < -0.4 is 5.73 Å². The van der Waals surface area contributed by atoms with E-state index in [-0.39, 0.29) is 5.56 Å². The molecule has 1 heterocycles. The molecule has 0 saturated carbocycles. The maximum Gasteiger partial charge on any atom is 0.338 e. The number of hydrogen-bond acceptors (Lipinski definition) is 4. The maximum absolute atomic E-state index is 13.5. The van der Waals surface area contributed by atoms with Gasteiger partial charge >= 0.3 is 5.97 Å². The van der Waals surface area contributed by atoms with Gasteiger partial charge in [-0.1, -0.05) is 6.07 Å². The lowest BCUT2D eigenvalue weighted by molar-refractivity contribution is 0.0692. The van der Waals surface area contributed by atoms with Crippen molar-refractivity contribution in [2.24, 2.45) is 0 Å². The number of aromatic carboxylic acids is 1. The second kappa shape index (κ2) is 5.71. The molecule has 0 fully saturated rings. The molecule has 1 aromatic heterocycles. The Morgan fingerprint density at radius 1 is 1.37 bits per heavy atom. The fourth-order valence-corrected chi connectivity index (χ4v) is 2.24. The van der Waals surface area contributed by atoms with Crippen LogP contribution >= 0.6 is 11.8 Å². The largest absolute Gasteiger partial charge is 0.478 e. The SMILES string of the molecule is Nc1ccc(SCc2ccc(C(=O)O)c(F)c2)nc1. The van der Waals surface area contributed by atoms with Gasteiger partial charge in [0, 0.05) is 5.75 Å². The molecule has 0 aliphatic carbocycles. The summed E-state index contributed by atoms with van der Waals surface area (Å²) in [7, 11) is 0. The molecule has 19 heavy (non-hydrogen) atoms. The molecule has 0 spiro atoms. The summed E-state index contributed by atoms with van der Waals surface area (Å²) in [6.07, 6.45) is 1.55.